The van der Waals surface area contributed by atoms with Crippen LogP contribution < -0.4 is 15.4 Å². The molecule has 1 aromatic heterocycles. The van der Waals surface area contributed by atoms with Crippen molar-refractivity contribution in [1.82, 2.24) is 20.4 Å². The highest BCUT2D eigenvalue weighted by atomic mass is 19.1. The zero-order valence-electron chi connectivity index (χ0n) is 14.3. The van der Waals surface area contributed by atoms with E-state index < -0.39 is 0 Å². The molecule has 1 aromatic carbocycles. The van der Waals surface area contributed by atoms with E-state index in [2.05, 4.69) is 20.7 Å². The Morgan fingerprint density at radius 1 is 1.42 bits per heavy atom. The van der Waals surface area contributed by atoms with Gasteiger partial charge in [0, 0.05) is 31.4 Å². The van der Waals surface area contributed by atoms with E-state index in [0.717, 1.165) is 12.1 Å². The van der Waals surface area contributed by atoms with E-state index in [-0.39, 0.29) is 11.9 Å². The minimum atomic E-state index is -0.306. The van der Waals surface area contributed by atoms with Crippen molar-refractivity contribution in [3.05, 3.63) is 48.0 Å². The second kappa shape index (κ2) is 8.90. The normalized spacial score (nSPS) is 12.8. The molecule has 0 saturated heterocycles. The van der Waals surface area contributed by atoms with Crippen molar-refractivity contribution < 1.29 is 9.13 Å². The predicted molar refractivity (Wildman–Crippen MR) is 92.5 cm³/mol. The molecule has 0 saturated carbocycles. The molecule has 0 amide bonds. The van der Waals surface area contributed by atoms with Gasteiger partial charge in [-0.2, -0.15) is 5.10 Å². The van der Waals surface area contributed by atoms with Crippen molar-refractivity contribution in [2.24, 2.45) is 12.0 Å². The van der Waals surface area contributed by atoms with E-state index in [1.807, 2.05) is 27.1 Å². The number of benzene rings is 1. The van der Waals surface area contributed by atoms with E-state index in [1.54, 1.807) is 23.0 Å². The van der Waals surface area contributed by atoms with E-state index in [1.165, 1.54) is 12.1 Å². The van der Waals surface area contributed by atoms with Gasteiger partial charge in [-0.05, 0) is 26.0 Å². The summed E-state index contributed by atoms with van der Waals surface area (Å²) in [6.45, 7) is 5.78. The molecule has 0 fully saturated rings. The Morgan fingerprint density at radius 3 is 2.92 bits per heavy atom. The van der Waals surface area contributed by atoms with Gasteiger partial charge in [0.05, 0.1) is 19.3 Å². The topological polar surface area (TPSA) is 63.5 Å². The van der Waals surface area contributed by atoms with Crippen LogP contribution in [0.4, 0.5) is 4.39 Å². The predicted octanol–water partition coefficient (Wildman–Crippen LogP) is 2.08. The minimum Gasteiger partial charge on any atom is -0.489 e. The van der Waals surface area contributed by atoms with Crippen LogP contribution in [0, 0.1) is 5.82 Å². The number of rotatable bonds is 7. The number of nitrogens with zero attached hydrogens (tertiary/aromatic N) is 3. The molecular formula is C17H24FN5O. The van der Waals surface area contributed by atoms with Crippen LogP contribution in [-0.4, -0.2) is 34.9 Å². The summed E-state index contributed by atoms with van der Waals surface area (Å²) in [6, 6.07) is 6.13. The second-order valence-electron chi connectivity index (χ2n) is 5.48. The van der Waals surface area contributed by atoms with Crippen molar-refractivity contribution in [3.8, 4) is 5.75 Å². The summed E-state index contributed by atoms with van der Waals surface area (Å²) in [6.07, 6.45) is 3.60. The maximum absolute atomic E-state index is 13.2. The summed E-state index contributed by atoms with van der Waals surface area (Å²) in [5, 5.41) is 10.5. The van der Waals surface area contributed by atoms with Gasteiger partial charge in [-0.3, -0.25) is 4.68 Å². The fraction of sp³-hybridized carbons (Fsp3) is 0.412. The van der Waals surface area contributed by atoms with Gasteiger partial charge in [0.1, 0.15) is 17.7 Å². The van der Waals surface area contributed by atoms with Gasteiger partial charge < -0.3 is 15.4 Å². The van der Waals surface area contributed by atoms with Crippen LogP contribution in [0.3, 0.4) is 0 Å². The highest BCUT2D eigenvalue weighted by Gasteiger charge is 2.06. The summed E-state index contributed by atoms with van der Waals surface area (Å²) in [5.41, 5.74) is 1.04. The third-order valence-corrected chi connectivity index (χ3v) is 3.21. The minimum absolute atomic E-state index is 0.131. The number of hydrogen-bond donors (Lipinski definition) is 2. The van der Waals surface area contributed by atoms with Crippen molar-refractivity contribution in [1.29, 1.82) is 0 Å². The van der Waals surface area contributed by atoms with Crippen LogP contribution in [0.1, 0.15) is 19.4 Å². The Morgan fingerprint density at radius 2 is 2.25 bits per heavy atom. The Kier molecular flexibility index (Phi) is 6.60. The zero-order chi connectivity index (χ0) is 17.4. The fourth-order valence-electron chi connectivity index (χ4n) is 2.12. The first kappa shape index (κ1) is 17.8. The monoisotopic (exact) mass is 333 g/mol. The van der Waals surface area contributed by atoms with Gasteiger partial charge in [-0.25, -0.2) is 9.38 Å². The van der Waals surface area contributed by atoms with Crippen LogP contribution >= 0.6 is 0 Å². The lowest BCUT2D eigenvalue weighted by Crippen LogP contribution is -2.41. The number of guanidine groups is 1. The largest absolute Gasteiger partial charge is 0.489 e. The molecule has 24 heavy (non-hydrogen) atoms. The van der Waals surface area contributed by atoms with Crippen LogP contribution in [0.25, 0.3) is 0 Å². The SMILES string of the molecule is CCNC(=NCc1cnn(C)c1)NCC(C)Oc1cccc(F)c1. The maximum Gasteiger partial charge on any atom is 0.191 e. The van der Waals surface area contributed by atoms with Crippen molar-refractivity contribution in [2.75, 3.05) is 13.1 Å². The number of halogens is 1. The molecule has 1 atom stereocenters. The number of aromatic nitrogens is 2. The van der Waals surface area contributed by atoms with E-state index in [4.69, 9.17) is 4.74 Å². The van der Waals surface area contributed by atoms with Gasteiger partial charge in [0.2, 0.25) is 0 Å². The fourth-order valence-corrected chi connectivity index (χ4v) is 2.12. The average Bonchev–Trinajstić information content (AvgIpc) is 2.95. The molecule has 0 radical (unpaired) electrons. The third kappa shape index (κ3) is 5.91. The summed E-state index contributed by atoms with van der Waals surface area (Å²) < 4.78 is 20.6. The average molecular weight is 333 g/mol. The third-order valence-electron chi connectivity index (χ3n) is 3.21. The van der Waals surface area contributed by atoms with Crippen LogP contribution in [0.2, 0.25) is 0 Å². The lowest BCUT2D eigenvalue weighted by atomic mass is 10.3. The molecule has 7 heteroatoms. The standard InChI is InChI=1S/C17H24FN5O/c1-4-19-17(21-10-14-11-22-23(3)12-14)20-9-13(2)24-16-7-5-6-15(18)8-16/h5-8,11-13H,4,9-10H2,1-3H3,(H2,19,20,21). The molecule has 0 spiro atoms. The Bertz CT molecular complexity index is 671. The van der Waals surface area contributed by atoms with E-state index in [9.17, 15) is 4.39 Å². The second-order valence-corrected chi connectivity index (χ2v) is 5.48. The van der Waals surface area contributed by atoms with Crippen molar-refractivity contribution in [3.63, 3.8) is 0 Å². The molecule has 2 aromatic rings. The number of nitrogens with one attached hydrogen (secondary N) is 2. The van der Waals surface area contributed by atoms with E-state index in [0.29, 0.717) is 24.8 Å². The van der Waals surface area contributed by atoms with Gasteiger partial charge in [-0.1, -0.05) is 6.07 Å². The Hall–Kier alpha value is -2.57. The highest BCUT2D eigenvalue weighted by Crippen LogP contribution is 2.13. The van der Waals surface area contributed by atoms with Gasteiger partial charge >= 0.3 is 0 Å². The van der Waals surface area contributed by atoms with Crippen molar-refractivity contribution in [2.45, 2.75) is 26.5 Å². The Balaban J connectivity index is 1.85. The number of ether oxygens (including phenoxy) is 1. The molecule has 2 N–H and O–H groups in total. The van der Waals surface area contributed by atoms with Crippen molar-refractivity contribution >= 4 is 5.96 Å². The maximum atomic E-state index is 13.2. The lowest BCUT2D eigenvalue weighted by Gasteiger charge is -2.17. The molecular weight excluding hydrogens is 309 g/mol. The molecule has 6 nitrogen and oxygen atoms in total. The Labute approximate surface area is 141 Å². The quantitative estimate of drug-likeness (QED) is 0.601. The van der Waals surface area contributed by atoms with Gasteiger partial charge in [0.25, 0.3) is 0 Å². The summed E-state index contributed by atoms with van der Waals surface area (Å²) in [5.74, 6) is 0.914. The van der Waals surface area contributed by atoms with Crippen LogP contribution in [0.15, 0.2) is 41.7 Å². The molecule has 1 unspecified atom stereocenters. The number of hydrogen-bond acceptors (Lipinski definition) is 3. The highest BCUT2D eigenvalue weighted by molar-refractivity contribution is 5.79. The van der Waals surface area contributed by atoms with Gasteiger partial charge in [-0.15, -0.1) is 0 Å². The molecule has 0 aliphatic carbocycles. The molecule has 1 heterocycles. The number of aliphatic imine (C=N–C) groups is 1. The first-order valence-electron chi connectivity index (χ1n) is 7.98. The van der Waals surface area contributed by atoms with Crippen LogP contribution in [-0.2, 0) is 13.6 Å². The number of aryl methyl sites for hydroxylation is 1. The molecule has 0 aliphatic rings. The van der Waals surface area contributed by atoms with Crippen LogP contribution in [0.5, 0.6) is 5.75 Å². The first-order valence-corrected chi connectivity index (χ1v) is 7.98. The zero-order valence-corrected chi connectivity index (χ0v) is 14.3. The van der Waals surface area contributed by atoms with Gasteiger partial charge in [0.15, 0.2) is 5.96 Å². The first-order chi connectivity index (χ1) is 11.6. The molecule has 0 bridgehead atoms. The van der Waals surface area contributed by atoms with E-state index >= 15 is 0 Å². The summed E-state index contributed by atoms with van der Waals surface area (Å²) in [4.78, 5) is 4.52. The summed E-state index contributed by atoms with van der Waals surface area (Å²) >= 11 is 0. The smallest absolute Gasteiger partial charge is 0.191 e. The lowest BCUT2D eigenvalue weighted by molar-refractivity contribution is 0.223. The molecule has 0 aliphatic heterocycles. The molecule has 2 rings (SSSR count). The summed E-state index contributed by atoms with van der Waals surface area (Å²) in [7, 11) is 1.88. The molecule has 130 valence electrons.